The van der Waals surface area contributed by atoms with Crippen LogP contribution in [0, 0.1) is 11.6 Å². The highest BCUT2D eigenvalue weighted by Gasteiger charge is 2.03. The van der Waals surface area contributed by atoms with Gasteiger partial charge in [-0.2, -0.15) is 0 Å². The van der Waals surface area contributed by atoms with Gasteiger partial charge in [0.25, 0.3) is 0 Å². The van der Waals surface area contributed by atoms with E-state index in [2.05, 4.69) is 5.32 Å². The van der Waals surface area contributed by atoms with Crippen molar-refractivity contribution in [2.24, 2.45) is 0 Å². The minimum Gasteiger partial charge on any atom is -0.395 e. The molecule has 0 saturated carbocycles. The van der Waals surface area contributed by atoms with Crippen molar-refractivity contribution in [3.8, 4) is 0 Å². The van der Waals surface area contributed by atoms with Crippen LogP contribution < -0.4 is 10.2 Å². The van der Waals surface area contributed by atoms with Gasteiger partial charge in [0.1, 0.15) is 0 Å². The fraction of sp³-hybridized carbons (Fsp3) is 0.250. The normalized spacial score (nSPS) is 10.5. The molecule has 3 nitrogen and oxygen atoms in total. The van der Waals surface area contributed by atoms with E-state index in [1.54, 1.807) is 6.07 Å². The van der Waals surface area contributed by atoms with Crippen molar-refractivity contribution in [3.05, 3.63) is 59.7 Å². The maximum Gasteiger partial charge on any atom is 0.159 e. The molecule has 2 aromatic carbocycles. The van der Waals surface area contributed by atoms with Gasteiger partial charge in [-0.3, -0.25) is 0 Å². The zero-order chi connectivity index (χ0) is 15.2. The topological polar surface area (TPSA) is 35.5 Å². The van der Waals surface area contributed by atoms with E-state index in [0.29, 0.717) is 18.7 Å². The fourth-order valence-electron chi connectivity index (χ4n) is 1.97. The summed E-state index contributed by atoms with van der Waals surface area (Å²) in [5.41, 5.74) is 2.57. The third kappa shape index (κ3) is 4.16. The number of nitrogens with one attached hydrogen (secondary N) is 1. The van der Waals surface area contributed by atoms with Gasteiger partial charge in [-0.25, -0.2) is 8.78 Å². The number of rotatable bonds is 6. The molecule has 0 unspecified atom stereocenters. The Morgan fingerprint density at radius 2 is 1.76 bits per heavy atom. The van der Waals surface area contributed by atoms with Crippen LogP contribution in [0.5, 0.6) is 0 Å². The molecule has 0 aliphatic heterocycles. The molecule has 2 N–H and O–H groups in total. The summed E-state index contributed by atoms with van der Waals surface area (Å²) < 4.78 is 25.9. The number of likely N-dealkylation sites (N-methyl/N-ethyl adjacent to an activating group) is 1. The van der Waals surface area contributed by atoms with Gasteiger partial charge in [-0.05, 0) is 42.0 Å². The van der Waals surface area contributed by atoms with Crippen molar-refractivity contribution in [2.45, 2.75) is 6.54 Å². The number of aliphatic hydroxyl groups excluding tert-OH is 1. The Hall–Kier alpha value is -2.14. The molecule has 0 aromatic heterocycles. The van der Waals surface area contributed by atoms with E-state index in [1.165, 1.54) is 6.07 Å². The highest BCUT2D eigenvalue weighted by molar-refractivity contribution is 5.54. The summed E-state index contributed by atoms with van der Waals surface area (Å²) in [5.74, 6) is -1.68. The highest BCUT2D eigenvalue weighted by atomic mass is 19.2. The zero-order valence-electron chi connectivity index (χ0n) is 11.8. The molecule has 5 heteroatoms. The van der Waals surface area contributed by atoms with E-state index >= 15 is 0 Å². The van der Waals surface area contributed by atoms with E-state index in [4.69, 9.17) is 5.11 Å². The van der Waals surface area contributed by atoms with Crippen LogP contribution in [0.2, 0.25) is 0 Å². The number of anilines is 2. The average Bonchev–Trinajstić information content (AvgIpc) is 2.49. The predicted octanol–water partition coefficient (Wildman–Crippen LogP) is 3.01. The van der Waals surface area contributed by atoms with Crippen molar-refractivity contribution in [1.82, 2.24) is 0 Å². The van der Waals surface area contributed by atoms with Crippen LogP contribution in [-0.2, 0) is 6.54 Å². The van der Waals surface area contributed by atoms with Gasteiger partial charge in [-0.1, -0.05) is 6.07 Å². The van der Waals surface area contributed by atoms with Gasteiger partial charge in [0.15, 0.2) is 11.6 Å². The number of aliphatic hydroxyl groups is 1. The zero-order valence-corrected chi connectivity index (χ0v) is 11.8. The molecule has 0 saturated heterocycles. The molecule has 112 valence electrons. The molecule has 2 aromatic rings. The molecule has 0 radical (unpaired) electrons. The quantitative estimate of drug-likeness (QED) is 0.859. The summed E-state index contributed by atoms with van der Waals surface area (Å²) in [7, 11) is 1.90. The number of hydrogen-bond donors (Lipinski definition) is 2. The van der Waals surface area contributed by atoms with Crippen molar-refractivity contribution in [3.63, 3.8) is 0 Å². The maximum atomic E-state index is 13.1. The lowest BCUT2D eigenvalue weighted by Crippen LogP contribution is -2.20. The van der Waals surface area contributed by atoms with E-state index in [1.807, 2.05) is 36.2 Å². The Kier molecular flexibility index (Phi) is 5.11. The molecular formula is C16H18F2N2O. The monoisotopic (exact) mass is 292 g/mol. The summed E-state index contributed by atoms with van der Waals surface area (Å²) >= 11 is 0. The smallest absolute Gasteiger partial charge is 0.159 e. The maximum absolute atomic E-state index is 13.1. The van der Waals surface area contributed by atoms with Crippen LogP contribution in [0.25, 0.3) is 0 Å². The second kappa shape index (κ2) is 7.04. The summed E-state index contributed by atoms with van der Waals surface area (Å²) in [5, 5.41) is 12.0. The van der Waals surface area contributed by atoms with Crippen molar-refractivity contribution < 1.29 is 13.9 Å². The molecule has 21 heavy (non-hydrogen) atoms. The lowest BCUT2D eigenvalue weighted by Gasteiger charge is -2.18. The van der Waals surface area contributed by atoms with E-state index in [9.17, 15) is 8.78 Å². The molecule has 0 amide bonds. The number of hydrogen-bond acceptors (Lipinski definition) is 3. The van der Waals surface area contributed by atoms with Crippen molar-refractivity contribution in [1.29, 1.82) is 0 Å². The Bertz CT molecular complexity index is 587. The van der Waals surface area contributed by atoms with Crippen LogP contribution in [0.4, 0.5) is 20.2 Å². The average molecular weight is 292 g/mol. The summed E-state index contributed by atoms with van der Waals surface area (Å²) in [6, 6.07) is 11.5. The van der Waals surface area contributed by atoms with Gasteiger partial charge in [-0.15, -0.1) is 0 Å². The molecular weight excluding hydrogens is 274 g/mol. The second-order valence-corrected chi connectivity index (χ2v) is 4.79. The third-order valence-corrected chi connectivity index (χ3v) is 3.22. The van der Waals surface area contributed by atoms with Gasteiger partial charge < -0.3 is 15.3 Å². The molecule has 0 spiro atoms. The second-order valence-electron chi connectivity index (χ2n) is 4.79. The minimum absolute atomic E-state index is 0.104. The van der Waals surface area contributed by atoms with Crippen LogP contribution in [-0.4, -0.2) is 25.3 Å². The molecule has 0 aliphatic carbocycles. The summed E-state index contributed by atoms with van der Waals surface area (Å²) in [4.78, 5) is 1.94. The lowest BCUT2D eigenvalue weighted by atomic mass is 10.2. The molecule has 2 rings (SSSR count). The Morgan fingerprint density at radius 3 is 2.38 bits per heavy atom. The van der Waals surface area contributed by atoms with Gasteiger partial charge in [0, 0.05) is 31.5 Å². The number of benzene rings is 2. The van der Waals surface area contributed by atoms with Crippen molar-refractivity contribution in [2.75, 3.05) is 30.4 Å². The van der Waals surface area contributed by atoms with E-state index in [-0.39, 0.29) is 6.61 Å². The number of halogens is 2. The van der Waals surface area contributed by atoms with Crippen LogP contribution in [0.15, 0.2) is 42.5 Å². The molecule has 0 fully saturated rings. The van der Waals surface area contributed by atoms with E-state index in [0.717, 1.165) is 17.4 Å². The molecule has 0 bridgehead atoms. The summed E-state index contributed by atoms with van der Waals surface area (Å²) in [6.07, 6.45) is 0. The third-order valence-electron chi connectivity index (χ3n) is 3.22. The lowest BCUT2D eigenvalue weighted by molar-refractivity contribution is 0.304. The fourth-order valence-corrected chi connectivity index (χ4v) is 1.97. The van der Waals surface area contributed by atoms with Gasteiger partial charge in [0.2, 0.25) is 0 Å². The summed E-state index contributed by atoms with van der Waals surface area (Å²) in [6.45, 7) is 1.09. The first-order chi connectivity index (χ1) is 10.1. The van der Waals surface area contributed by atoms with Gasteiger partial charge in [0.05, 0.1) is 6.61 Å². The van der Waals surface area contributed by atoms with Crippen LogP contribution >= 0.6 is 0 Å². The van der Waals surface area contributed by atoms with Crippen LogP contribution in [0.3, 0.4) is 0 Å². The Morgan fingerprint density at radius 1 is 1.05 bits per heavy atom. The molecule has 0 atom stereocenters. The first-order valence-corrected chi connectivity index (χ1v) is 6.70. The SMILES string of the molecule is CN(CCO)c1ccc(NCc2ccc(F)c(F)c2)cc1. The first-order valence-electron chi connectivity index (χ1n) is 6.70. The Balaban J connectivity index is 1.95. The predicted molar refractivity (Wildman–Crippen MR) is 80.5 cm³/mol. The molecule has 0 heterocycles. The first kappa shape index (κ1) is 15.3. The van der Waals surface area contributed by atoms with Crippen LogP contribution in [0.1, 0.15) is 5.56 Å². The standard InChI is InChI=1S/C16H18F2N2O/c1-20(8-9-21)14-5-3-13(4-6-14)19-11-12-2-7-15(17)16(18)10-12/h2-7,10,19,21H,8-9,11H2,1H3. The molecule has 0 aliphatic rings. The largest absolute Gasteiger partial charge is 0.395 e. The number of nitrogens with zero attached hydrogens (tertiary/aromatic N) is 1. The minimum atomic E-state index is -0.838. The van der Waals surface area contributed by atoms with E-state index < -0.39 is 11.6 Å². The van der Waals surface area contributed by atoms with Gasteiger partial charge >= 0.3 is 0 Å². The Labute approximate surface area is 122 Å². The van der Waals surface area contributed by atoms with Crippen molar-refractivity contribution >= 4 is 11.4 Å². The highest BCUT2D eigenvalue weighted by Crippen LogP contribution is 2.17.